The first-order chi connectivity index (χ1) is 10.7. The molecule has 0 aliphatic rings. The lowest BCUT2D eigenvalue weighted by Gasteiger charge is -2.15. The van der Waals surface area contributed by atoms with Gasteiger partial charge in [0.05, 0.1) is 5.02 Å². The minimum absolute atomic E-state index is 0.0982. The van der Waals surface area contributed by atoms with Gasteiger partial charge >= 0.3 is 0 Å². The molecule has 2 aromatic carbocycles. The van der Waals surface area contributed by atoms with E-state index in [0.29, 0.717) is 21.8 Å². The van der Waals surface area contributed by atoms with Crippen LogP contribution in [0.3, 0.4) is 0 Å². The number of aromatic nitrogens is 2. The molecule has 1 atom stereocenters. The molecule has 3 aromatic rings. The zero-order valence-electron chi connectivity index (χ0n) is 11.4. The third-order valence-corrected chi connectivity index (χ3v) is 4.00. The van der Waals surface area contributed by atoms with E-state index in [9.17, 15) is 5.11 Å². The van der Waals surface area contributed by atoms with Gasteiger partial charge in [-0.2, -0.15) is 0 Å². The van der Waals surface area contributed by atoms with Crippen molar-refractivity contribution in [2.24, 2.45) is 0 Å². The Hall–Kier alpha value is -1.94. The fourth-order valence-electron chi connectivity index (χ4n) is 2.23. The van der Waals surface area contributed by atoms with Gasteiger partial charge in [0.1, 0.15) is 11.8 Å². The summed E-state index contributed by atoms with van der Waals surface area (Å²) in [5.41, 5.74) is 2.37. The van der Waals surface area contributed by atoms with Gasteiger partial charge < -0.3 is 5.11 Å². The molecule has 1 heterocycles. The highest BCUT2D eigenvalue weighted by atomic mass is 35.5. The molecule has 0 bridgehead atoms. The fourth-order valence-corrected chi connectivity index (χ4v) is 2.85. The molecule has 0 radical (unpaired) electrons. The summed E-state index contributed by atoms with van der Waals surface area (Å²) in [6, 6.07) is 18.6. The lowest BCUT2D eigenvalue weighted by atomic mass is 10.0. The fraction of sp³-hybridized carbons (Fsp3) is 0.0588. The topological polar surface area (TPSA) is 46.0 Å². The van der Waals surface area contributed by atoms with Gasteiger partial charge in [-0.3, -0.25) is 0 Å². The normalized spacial score (nSPS) is 12.1. The lowest BCUT2D eigenvalue weighted by Crippen LogP contribution is -2.05. The van der Waals surface area contributed by atoms with Gasteiger partial charge in [-0.25, -0.2) is 0 Å². The van der Waals surface area contributed by atoms with Crippen molar-refractivity contribution in [3.05, 3.63) is 82.0 Å². The highest BCUT2D eigenvalue weighted by Gasteiger charge is 2.22. The van der Waals surface area contributed by atoms with Gasteiger partial charge in [0.15, 0.2) is 5.15 Å². The maximum absolute atomic E-state index is 10.6. The van der Waals surface area contributed by atoms with Crippen molar-refractivity contribution in [1.29, 1.82) is 0 Å². The molecule has 3 rings (SSSR count). The van der Waals surface area contributed by atoms with Crippen molar-refractivity contribution >= 4 is 23.2 Å². The second-order valence-electron chi connectivity index (χ2n) is 4.75. The number of benzene rings is 2. The summed E-state index contributed by atoms with van der Waals surface area (Å²) in [6.07, 6.45) is -0.959. The average Bonchev–Trinajstić information content (AvgIpc) is 2.56. The van der Waals surface area contributed by atoms with Crippen molar-refractivity contribution in [3.63, 3.8) is 0 Å². The Bertz CT molecular complexity index is 779. The molecule has 0 amide bonds. The number of hydrogen-bond donors (Lipinski definition) is 1. The van der Waals surface area contributed by atoms with Crippen LogP contribution in [0.5, 0.6) is 0 Å². The van der Waals surface area contributed by atoms with Crippen LogP contribution in [-0.4, -0.2) is 15.3 Å². The van der Waals surface area contributed by atoms with E-state index >= 15 is 0 Å². The predicted octanol–water partition coefficient (Wildman–Crippen LogP) is 4.53. The number of aliphatic hydroxyl groups excluding tert-OH is 1. The Morgan fingerprint density at radius 2 is 1.41 bits per heavy atom. The first-order valence-corrected chi connectivity index (χ1v) is 7.44. The van der Waals surface area contributed by atoms with E-state index in [2.05, 4.69) is 10.2 Å². The van der Waals surface area contributed by atoms with Crippen LogP contribution in [0.15, 0.2) is 60.7 Å². The third kappa shape index (κ3) is 2.83. The van der Waals surface area contributed by atoms with Gasteiger partial charge in [-0.15, -0.1) is 10.2 Å². The van der Waals surface area contributed by atoms with Crippen LogP contribution in [0, 0.1) is 0 Å². The van der Waals surface area contributed by atoms with E-state index in [4.69, 9.17) is 23.2 Å². The van der Waals surface area contributed by atoms with E-state index in [0.717, 1.165) is 5.56 Å². The number of aliphatic hydroxyl groups is 1. The van der Waals surface area contributed by atoms with Crippen LogP contribution < -0.4 is 0 Å². The maximum Gasteiger partial charge on any atom is 0.159 e. The van der Waals surface area contributed by atoms with Crippen LogP contribution in [0.1, 0.15) is 17.2 Å². The Morgan fingerprint density at radius 3 is 2.05 bits per heavy atom. The van der Waals surface area contributed by atoms with Gasteiger partial charge in [-0.1, -0.05) is 83.9 Å². The van der Waals surface area contributed by atoms with E-state index in [1.54, 1.807) is 12.1 Å². The van der Waals surface area contributed by atoms with Crippen molar-refractivity contribution in [3.8, 4) is 11.3 Å². The minimum Gasteiger partial charge on any atom is -0.383 e. The van der Waals surface area contributed by atoms with Gasteiger partial charge in [0, 0.05) is 11.1 Å². The molecular formula is C17H12Cl2N2O. The maximum atomic E-state index is 10.6. The molecule has 110 valence electrons. The van der Waals surface area contributed by atoms with Crippen LogP contribution in [0.25, 0.3) is 11.3 Å². The summed E-state index contributed by atoms with van der Waals surface area (Å²) in [7, 11) is 0. The summed E-state index contributed by atoms with van der Waals surface area (Å²) < 4.78 is 0. The Labute approximate surface area is 138 Å². The predicted molar refractivity (Wildman–Crippen MR) is 88.0 cm³/mol. The number of hydrogen-bond acceptors (Lipinski definition) is 3. The molecule has 0 aliphatic carbocycles. The number of nitrogens with zero attached hydrogens (tertiary/aromatic N) is 2. The van der Waals surface area contributed by atoms with Gasteiger partial charge in [0.2, 0.25) is 0 Å². The lowest BCUT2D eigenvalue weighted by molar-refractivity contribution is 0.220. The Morgan fingerprint density at radius 1 is 0.818 bits per heavy atom. The van der Waals surface area contributed by atoms with Crippen LogP contribution in [0.2, 0.25) is 10.2 Å². The Balaban J connectivity index is 2.12. The SMILES string of the molecule is OC(c1ccccc1)c1c(Cl)nnc(-c2ccccc2)c1Cl. The summed E-state index contributed by atoms with van der Waals surface area (Å²) >= 11 is 12.6. The van der Waals surface area contributed by atoms with E-state index in [1.165, 1.54) is 0 Å². The molecule has 0 fully saturated rings. The molecule has 22 heavy (non-hydrogen) atoms. The van der Waals surface area contributed by atoms with Crippen LogP contribution >= 0.6 is 23.2 Å². The molecule has 0 spiro atoms. The van der Waals surface area contributed by atoms with E-state index in [1.807, 2.05) is 48.5 Å². The third-order valence-electron chi connectivity index (χ3n) is 3.34. The Kier molecular flexibility index (Phi) is 4.39. The number of halogens is 2. The smallest absolute Gasteiger partial charge is 0.159 e. The van der Waals surface area contributed by atoms with Crippen LogP contribution in [0.4, 0.5) is 0 Å². The molecule has 1 unspecified atom stereocenters. The molecule has 3 nitrogen and oxygen atoms in total. The standard InChI is InChI=1S/C17H12Cl2N2O/c18-14-13(16(22)12-9-5-2-6-10-12)17(19)21-20-15(14)11-7-3-1-4-8-11/h1-10,16,22H. The summed E-state index contributed by atoms with van der Waals surface area (Å²) in [5, 5.41) is 19.0. The monoisotopic (exact) mass is 330 g/mol. The van der Waals surface area contributed by atoms with Gasteiger partial charge in [0.25, 0.3) is 0 Å². The minimum atomic E-state index is -0.959. The van der Waals surface area contributed by atoms with Crippen molar-refractivity contribution in [2.45, 2.75) is 6.10 Å². The number of rotatable bonds is 3. The second-order valence-corrected chi connectivity index (χ2v) is 5.48. The van der Waals surface area contributed by atoms with Crippen molar-refractivity contribution in [2.75, 3.05) is 0 Å². The van der Waals surface area contributed by atoms with Crippen molar-refractivity contribution < 1.29 is 5.11 Å². The zero-order valence-corrected chi connectivity index (χ0v) is 13.0. The first-order valence-electron chi connectivity index (χ1n) is 6.68. The second kappa shape index (κ2) is 6.44. The van der Waals surface area contributed by atoms with Gasteiger partial charge in [-0.05, 0) is 5.56 Å². The van der Waals surface area contributed by atoms with Crippen molar-refractivity contribution in [1.82, 2.24) is 10.2 Å². The molecule has 0 saturated heterocycles. The average molecular weight is 331 g/mol. The largest absolute Gasteiger partial charge is 0.383 e. The first kappa shape index (κ1) is 15.0. The molecule has 0 aliphatic heterocycles. The molecular weight excluding hydrogens is 319 g/mol. The highest BCUT2D eigenvalue weighted by Crippen LogP contribution is 2.37. The summed E-state index contributed by atoms with van der Waals surface area (Å²) in [6.45, 7) is 0. The molecule has 1 aromatic heterocycles. The summed E-state index contributed by atoms with van der Waals surface area (Å²) in [5.74, 6) is 0. The highest BCUT2D eigenvalue weighted by molar-refractivity contribution is 6.37. The molecule has 5 heteroatoms. The molecule has 1 N–H and O–H groups in total. The zero-order chi connectivity index (χ0) is 15.5. The van der Waals surface area contributed by atoms with E-state index < -0.39 is 6.10 Å². The van der Waals surface area contributed by atoms with E-state index in [-0.39, 0.29) is 5.15 Å². The van der Waals surface area contributed by atoms with Crippen LogP contribution in [-0.2, 0) is 0 Å². The molecule has 0 saturated carbocycles. The quantitative estimate of drug-likeness (QED) is 0.767. The summed E-state index contributed by atoms with van der Waals surface area (Å²) in [4.78, 5) is 0.